The molecule has 3 aromatic rings. The van der Waals surface area contributed by atoms with E-state index in [1.807, 2.05) is 0 Å². The smallest absolute Gasteiger partial charge is 0.0134 e. The largest absolute Gasteiger partial charge is 0.0622 e. The quantitative estimate of drug-likeness (QED) is 0.512. The van der Waals surface area contributed by atoms with Crippen LogP contribution >= 0.6 is 7.92 Å². The van der Waals surface area contributed by atoms with E-state index < -0.39 is 7.92 Å². The van der Waals surface area contributed by atoms with E-state index in [0.29, 0.717) is 0 Å². The molecule has 0 aliphatic rings. The third-order valence-corrected chi connectivity index (χ3v) is 5.49. The van der Waals surface area contributed by atoms with Crippen molar-refractivity contribution in [3.8, 4) is 0 Å². The van der Waals surface area contributed by atoms with Gasteiger partial charge in [0.2, 0.25) is 0 Å². The van der Waals surface area contributed by atoms with E-state index in [4.69, 9.17) is 0 Å². The molecule has 0 atom stereocenters. The second kappa shape index (κ2) is 7.41. The Morgan fingerprint density at radius 2 is 0.650 bits per heavy atom. The summed E-state index contributed by atoms with van der Waals surface area (Å²) in [4.78, 5) is 0. The molecule has 3 rings (SSSR count). The van der Waals surface area contributed by atoms with E-state index in [2.05, 4.69) is 91.0 Å². The summed E-state index contributed by atoms with van der Waals surface area (Å²) in [7, 11) is -0.446. The van der Waals surface area contributed by atoms with Crippen molar-refractivity contribution in [1.82, 2.24) is 0 Å². The molecule has 1 radical (unpaired) electrons. The molecule has 0 bridgehead atoms. The van der Waals surface area contributed by atoms with Crippen LogP contribution in [0.4, 0.5) is 0 Å². The van der Waals surface area contributed by atoms with Gasteiger partial charge in [0.1, 0.15) is 0 Å². The molecule has 0 spiro atoms. The van der Waals surface area contributed by atoms with Crippen molar-refractivity contribution in [2.45, 2.75) is 0 Å². The van der Waals surface area contributed by atoms with Gasteiger partial charge >= 0.3 is 17.1 Å². The molecule has 20 heavy (non-hydrogen) atoms. The van der Waals surface area contributed by atoms with Gasteiger partial charge in [-0.2, -0.15) is 0 Å². The maximum Gasteiger partial charge on any atom is -0.0134 e. The fourth-order valence-electron chi connectivity index (χ4n) is 2.18. The van der Waals surface area contributed by atoms with E-state index in [-0.39, 0.29) is 17.1 Å². The van der Waals surface area contributed by atoms with Gasteiger partial charge < -0.3 is 0 Å². The Hall–Kier alpha value is -1.39. The molecule has 0 N–H and O–H groups in total. The minimum absolute atomic E-state index is 0. The predicted octanol–water partition coefficient (Wildman–Crippen LogP) is 2.91. The third kappa shape index (κ3) is 3.38. The number of hydrogen-bond donors (Lipinski definition) is 0. The molecular formula is C18H17CuP. The first-order valence-corrected chi connectivity index (χ1v) is 7.74. The van der Waals surface area contributed by atoms with E-state index >= 15 is 0 Å². The van der Waals surface area contributed by atoms with E-state index in [1.54, 1.807) is 0 Å². The molecule has 0 aliphatic heterocycles. The fraction of sp³-hybridized carbons (Fsp3) is 0. The molecule has 0 heterocycles. The van der Waals surface area contributed by atoms with Crippen LogP contribution in [-0.2, 0) is 17.1 Å². The molecule has 2 heteroatoms. The average molecular weight is 328 g/mol. The maximum atomic E-state index is 2.23. The summed E-state index contributed by atoms with van der Waals surface area (Å²) in [6.07, 6.45) is 0. The van der Waals surface area contributed by atoms with Gasteiger partial charge in [0, 0.05) is 0 Å². The van der Waals surface area contributed by atoms with Crippen LogP contribution in [-0.4, -0.2) is 0 Å². The van der Waals surface area contributed by atoms with E-state index in [0.717, 1.165) is 0 Å². The minimum Gasteiger partial charge on any atom is -0.0622 e. The number of benzene rings is 3. The summed E-state index contributed by atoms with van der Waals surface area (Å²) in [6.45, 7) is 0. The molecule has 3 aromatic carbocycles. The van der Waals surface area contributed by atoms with Crippen LogP contribution in [0, 0.1) is 0 Å². The average Bonchev–Trinajstić information content (AvgIpc) is 2.51. The summed E-state index contributed by atoms with van der Waals surface area (Å²) < 4.78 is 0. The zero-order chi connectivity index (χ0) is 12.9. The van der Waals surface area contributed by atoms with Gasteiger partial charge in [-0.25, -0.2) is 0 Å². The van der Waals surface area contributed by atoms with Crippen LogP contribution in [0.25, 0.3) is 0 Å². The van der Waals surface area contributed by atoms with Gasteiger partial charge in [-0.05, 0) is 23.8 Å². The van der Waals surface area contributed by atoms with Crippen LogP contribution in [0.2, 0.25) is 0 Å². The normalized spacial score (nSPS) is 10.1. The van der Waals surface area contributed by atoms with Crippen LogP contribution in [0.15, 0.2) is 91.0 Å². The first-order valence-electron chi connectivity index (χ1n) is 6.40. The SMILES string of the molecule is [CuH2].c1ccc(P(c2ccccc2)c2ccccc2)cc1. The summed E-state index contributed by atoms with van der Waals surface area (Å²) in [5, 5.41) is 4.19. The van der Waals surface area contributed by atoms with Crippen LogP contribution in [0.1, 0.15) is 0 Å². The molecule has 0 aliphatic carbocycles. The summed E-state index contributed by atoms with van der Waals surface area (Å²) in [5.74, 6) is 0. The Balaban J connectivity index is 0.00000147. The Kier molecular flexibility index (Phi) is 5.56. The molecular weight excluding hydrogens is 311 g/mol. The number of rotatable bonds is 3. The Morgan fingerprint density at radius 3 is 0.900 bits per heavy atom. The van der Waals surface area contributed by atoms with Crippen LogP contribution < -0.4 is 15.9 Å². The molecule has 0 saturated carbocycles. The molecule has 0 fully saturated rings. The molecule has 0 saturated heterocycles. The second-order valence-electron chi connectivity index (χ2n) is 4.34. The predicted molar refractivity (Wildman–Crippen MR) is 87.9 cm³/mol. The van der Waals surface area contributed by atoms with Crippen LogP contribution in [0.5, 0.6) is 0 Å². The molecule has 0 amide bonds. The van der Waals surface area contributed by atoms with Gasteiger partial charge in [0.05, 0.1) is 0 Å². The summed E-state index contributed by atoms with van der Waals surface area (Å²) in [5.41, 5.74) is 0. The van der Waals surface area contributed by atoms with Gasteiger partial charge in [-0.1, -0.05) is 91.0 Å². The number of hydrogen-bond acceptors (Lipinski definition) is 0. The first kappa shape index (κ1) is 15.0. The maximum absolute atomic E-state index is 2.23. The van der Waals surface area contributed by atoms with Crippen molar-refractivity contribution in [3.05, 3.63) is 91.0 Å². The zero-order valence-corrected chi connectivity index (χ0v) is 12.9. The summed E-state index contributed by atoms with van der Waals surface area (Å²) in [6, 6.07) is 32.3. The topological polar surface area (TPSA) is 0 Å². The molecule has 105 valence electrons. The minimum atomic E-state index is -0.446. The van der Waals surface area contributed by atoms with E-state index in [9.17, 15) is 0 Å². The van der Waals surface area contributed by atoms with Gasteiger partial charge in [-0.3, -0.25) is 0 Å². The van der Waals surface area contributed by atoms with Crippen molar-refractivity contribution in [2.24, 2.45) is 0 Å². The van der Waals surface area contributed by atoms with Crippen molar-refractivity contribution in [1.29, 1.82) is 0 Å². The van der Waals surface area contributed by atoms with Crippen molar-refractivity contribution < 1.29 is 17.1 Å². The van der Waals surface area contributed by atoms with Gasteiger partial charge in [-0.15, -0.1) is 0 Å². The standard InChI is InChI=1S/C18H15P.Cu.2H/c1-4-10-16(11-5-1)19(17-12-6-2-7-13-17)18-14-8-3-9-15-18;;;/h1-15H;;;. The Labute approximate surface area is 132 Å². The van der Waals surface area contributed by atoms with Crippen molar-refractivity contribution in [3.63, 3.8) is 0 Å². The van der Waals surface area contributed by atoms with Gasteiger partial charge in [0.25, 0.3) is 0 Å². The Bertz CT molecular complexity index is 529. The zero-order valence-electron chi connectivity index (χ0n) is 10.9. The summed E-state index contributed by atoms with van der Waals surface area (Å²) >= 11 is 0. The molecule has 0 nitrogen and oxygen atoms in total. The van der Waals surface area contributed by atoms with E-state index in [1.165, 1.54) is 15.9 Å². The fourth-order valence-corrected chi connectivity index (χ4v) is 4.48. The van der Waals surface area contributed by atoms with Crippen LogP contribution in [0.3, 0.4) is 0 Å². The second-order valence-corrected chi connectivity index (χ2v) is 6.56. The first-order chi connectivity index (χ1) is 9.45. The molecule has 0 aromatic heterocycles. The van der Waals surface area contributed by atoms with Gasteiger partial charge in [0.15, 0.2) is 0 Å². The molecule has 0 unspecified atom stereocenters. The monoisotopic (exact) mass is 327 g/mol. The van der Waals surface area contributed by atoms with Crippen molar-refractivity contribution in [2.75, 3.05) is 0 Å². The third-order valence-electron chi connectivity index (χ3n) is 3.04. The van der Waals surface area contributed by atoms with Crippen molar-refractivity contribution >= 4 is 23.8 Å². The Morgan fingerprint density at radius 1 is 0.400 bits per heavy atom.